The van der Waals surface area contributed by atoms with Crippen molar-refractivity contribution in [1.29, 1.82) is 0 Å². The van der Waals surface area contributed by atoms with Gasteiger partial charge in [-0.25, -0.2) is 15.8 Å². The Morgan fingerprint density at radius 3 is 2.80 bits per heavy atom. The fourth-order valence-corrected chi connectivity index (χ4v) is 2.04. The SMILES string of the molecule is Cc1cnccc1CNc1cc(NN)nc(C2CC2)n1. The van der Waals surface area contributed by atoms with E-state index in [1.165, 1.54) is 5.56 Å². The molecule has 2 aromatic rings. The molecule has 1 aliphatic rings. The summed E-state index contributed by atoms with van der Waals surface area (Å²) in [6.07, 6.45) is 5.99. The summed E-state index contributed by atoms with van der Waals surface area (Å²) in [5.74, 6) is 8.27. The molecular formula is C14H18N6. The van der Waals surface area contributed by atoms with Gasteiger partial charge in [0, 0.05) is 30.9 Å². The molecule has 0 unspecified atom stereocenters. The van der Waals surface area contributed by atoms with Gasteiger partial charge in [0.1, 0.15) is 17.5 Å². The predicted molar refractivity (Wildman–Crippen MR) is 78.1 cm³/mol. The summed E-state index contributed by atoms with van der Waals surface area (Å²) in [7, 11) is 0. The molecule has 20 heavy (non-hydrogen) atoms. The van der Waals surface area contributed by atoms with Crippen molar-refractivity contribution in [2.24, 2.45) is 5.84 Å². The topological polar surface area (TPSA) is 88.8 Å². The molecule has 1 saturated carbocycles. The van der Waals surface area contributed by atoms with Crippen LogP contribution in [-0.2, 0) is 6.54 Å². The van der Waals surface area contributed by atoms with Gasteiger partial charge in [-0.1, -0.05) is 0 Å². The van der Waals surface area contributed by atoms with E-state index in [4.69, 9.17) is 5.84 Å². The summed E-state index contributed by atoms with van der Waals surface area (Å²) >= 11 is 0. The number of aromatic nitrogens is 3. The molecule has 4 N–H and O–H groups in total. The second kappa shape index (κ2) is 5.42. The quantitative estimate of drug-likeness (QED) is 0.568. The van der Waals surface area contributed by atoms with Crippen LogP contribution in [-0.4, -0.2) is 15.0 Å². The number of hydrazine groups is 1. The van der Waals surface area contributed by atoms with E-state index in [9.17, 15) is 0 Å². The maximum Gasteiger partial charge on any atom is 0.145 e. The van der Waals surface area contributed by atoms with Gasteiger partial charge < -0.3 is 10.7 Å². The first-order valence-corrected chi connectivity index (χ1v) is 6.75. The van der Waals surface area contributed by atoms with Crippen molar-refractivity contribution in [3.63, 3.8) is 0 Å². The molecule has 0 atom stereocenters. The average Bonchev–Trinajstić information content (AvgIpc) is 3.31. The Hall–Kier alpha value is -2.21. The molecule has 0 aliphatic heterocycles. The number of nitrogens with one attached hydrogen (secondary N) is 2. The van der Waals surface area contributed by atoms with Gasteiger partial charge in [-0.05, 0) is 37.0 Å². The molecular weight excluding hydrogens is 252 g/mol. The van der Waals surface area contributed by atoms with Crippen molar-refractivity contribution < 1.29 is 0 Å². The number of hydrogen-bond acceptors (Lipinski definition) is 6. The molecule has 6 nitrogen and oxygen atoms in total. The molecule has 104 valence electrons. The zero-order valence-electron chi connectivity index (χ0n) is 11.4. The van der Waals surface area contributed by atoms with Crippen molar-refractivity contribution in [3.8, 4) is 0 Å². The first-order valence-electron chi connectivity index (χ1n) is 6.75. The number of anilines is 2. The Balaban J connectivity index is 1.76. The number of nitrogens with zero attached hydrogens (tertiary/aromatic N) is 3. The Bertz CT molecular complexity index is 608. The lowest BCUT2D eigenvalue weighted by Crippen LogP contribution is -2.12. The molecule has 1 aliphatic carbocycles. The van der Waals surface area contributed by atoms with Gasteiger partial charge in [0.2, 0.25) is 0 Å². The second-order valence-electron chi connectivity index (χ2n) is 5.07. The Labute approximate surface area is 117 Å². The highest BCUT2D eigenvalue weighted by atomic mass is 15.3. The largest absolute Gasteiger partial charge is 0.366 e. The highest BCUT2D eigenvalue weighted by Crippen LogP contribution is 2.38. The minimum atomic E-state index is 0.492. The lowest BCUT2D eigenvalue weighted by atomic mass is 10.1. The van der Waals surface area contributed by atoms with Crippen LogP contribution in [0.2, 0.25) is 0 Å². The van der Waals surface area contributed by atoms with Gasteiger partial charge in [-0.2, -0.15) is 0 Å². The van der Waals surface area contributed by atoms with E-state index in [1.54, 1.807) is 6.20 Å². The van der Waals surface area contributed by atoms with E-state index >= 15 is 0 Å². The fraction of sp³-hybridized carbons (Fsp3) is 0.357. The first kappa shape index (κ1) is 12.8. The Morgan fingerprint density at radius 1 is 1.30 bits per heavy atom. The van der Waals surface area contributed by atoms with E-state index < -0.39 is 0 Å². The molecule has 0 spiro atoms. The van der Waals surface area contributed by atoms with E-state index in [1.807, 2.05) is 25.3 Å². The van der Waals surface area contributed by atoms with E-state index in [2.05, 4.69) is 25.7 Å². The van der Waals surface area contributed by atoms with Crippen molar-refractivity contribution in [1.82, 2.24) is 15.0 Å². The monoisotopic (exact) mass is 270 g/mol. The Kier molecular flexibility index (Phi) is 3.47. The van der Waals surface area contributed by atoms with Crippen LogP contribution in [0, 0.1) is 6.92 Å². The van der Waals surface area contributed by atoms with Crippen LogP contribution < -0.4 is 16.6 Å². The molecule has 6 heteroatoms. The van der Waals surface area contributed by atoms with Crippen LogP contribution in [0.5, 0.6) is 0 Å². The number of pyridine rings is 1. The highest BCUT2D eigenvalue weighted by molar-refractivity contribution is 5.48. The molecule has 2 heterocycles. The third-order valence-corrected chi connectivity index (χ3v) is 3.43. The lowest BCUT2D eigenvalue weighted by Gasteiger charge is -2.10. The van der Waals surface area contributed by atoms with Gasteiger partial charge in [-0.15, -0.1) is 0 Å². The molecule has 2 aromatic heterocycles. The normalized spacial score (nSPS) is 14.1. The summed E-state index contributed by atoms with van der Waals surface area (Å²) in [6, 6.07) is 3.83. The van der Waals surface area contributed by atoms with Gasteiger partial charge in [-0.3, -0.25) is 4.98 Å². The molecule has 3 rings (SSSR count). The van der Waals surface area contributed by atoms with Crippen molar-refractivity contribution in [2.45, 2.75) is 32.2 Å². The van der Waals surface area contributed by atoms with Gasteiger partial charge >= 0.3 is 0 Å². The predicted octanol–water partition coefficient (Wildman–Crippen LogP) is 1.96. The Morgan fingerprint density at radius 2 is 2.10 bits per heavy atom. The summed E-state index contributed by atoms with van der Waals surface area (Å²) in [5, 5.41) is 3.33. The minimum absolute atomic E-state index is 0.492. The third-order valence-electron chi connectivity index (χ3n) is 3.43. The number of hydrogen-bond donors (Lipinski definition) is 3. The molecule has 0 bridgehead atoms. The molecule has 0 amide bonds. The summed E-state index contributed by atoms with van der Waals surface area (Å²) in [4.78, 5) is 13.0. The van der Waals surface area contributed by atoms with Gasteiger partial charge in [0.25, 0.3) is 0 Å². The minimum Gasteiger partial charge on any atom is -0.366 e. The molecule has 0 radical (unpaired) electrons. The van der Waals surface area contributed by atoms with Crippen molar-refractivity contribution in [2.75, 3.05) is 10.7 Å². The molecule has 1 fully saturated rings. The number of aryl methyl sites for hydroxylation is 1. The van der Waals surface area contributed by atoms with Crippen molar-refractivity contribution >= 4 is 11.6 Å². The van der Waals surface area contributed by atoms with Gasteiger partial charge in [0.15, 0.2) is 0 Å². The van der Waals surface area contributed by atoms with Crippen LogP contribution in [0.1, 0.15) is 35.7 Å². The van der Waals surface area contributed by atoms with Gasteiger partial charge in [0.05, 0.1) is 0 Å². The summed E-state index contributed by atoms with van der Waals surface area (Å²) in [5.41, 5.74) is 4.96. The first-order chi connectivity index (χ1) is 9.76. The van der Waals surface area contributed by atoms with Crippen LogP contribution in [0.25, 0.3) is 0 Å². The van der Waals surface area contributed by atoms with Crippen LogP contribution in [0.15, 0.2) is 24.5 Å². The maximum atomic E-state index is 5.46. The van der Waals surface area contributed by atoms with Crippen LogP contribution in [0.3, 0.4) is 0 Å². The third kappa shape index (κ3) is 2.85. The van der Waals surface area contributed by atoms with Crippen LogP contribution >= 0.6 is 0 Å². The maximum absolute atomic E-state index is 5.46. The highest BCUT2D eigenvalue weighted by Gasteiger charge is 2.27. The molecule has 0 aromatic carbocycles. The summed E-state index contributed by atoms with van der Waals surface area (Å²) in [6.45, 7) is 2.76. The smallest absolute Gasteiger partial charge is 0.145 e. The zero-order chi connectivity index (χ0) is 13.9. The number of nitrogen functional groups attached to an aromatic ring is 1. The van der Waals surface area contributed by atoms with Crippen LogP contribution in [0.4, 0.5) is 11.6 Å². The lowest BCUT2D eigenvalue weighted by molar-refractivity contribution is 0.919. The van der Waals surface area contributed by atoms with E-state index in [0.717, 1.165) is 30.0 Å². The zero-order valence-corrected chi connectivity index (χ0v) is 11.4. The van der Waals surface area contributed by atoms with Crippen molar-refractivity contribution in [3.05, 3.63) is 41.5 Å². The number of nitrogens with two attached hydrogens (primary N) is 1. The second-order valence-corrected chi connectivity index (χ2v) is 5.07. The standard InChI is InChI=1S/C14H18N6/c1-9-7-16-5-4-11(9)8-17-12-6-13(20-15)19-14(18-12)10-2-3-10/h4-7,10H,2-3,8,15H2,1H3,(H2,17,18,19,20). The summed E-state index contributed by atoms with van der Waals surface area (Å²) < 4.78 is 0. The van der Waals surface area contributed by atoms with E-state index in [0.29, 0.717) is 18.3 Å². The average molecular weight is 270 g/mol. The number of rotatable bonds is 5. The fourth-order valence-electron chi connectivity index (χ4n) is 2.04. The molecule has 0 saturated heterocycles. The van der Waals surface area contributed by atoms with E-state index in [-0.39, 0.29) is 0 Å².